The molecule has 0 saturated heterocycles. The molecular formula is C25H30F2O2. The molecule has 2 nitrogen and oxygen atoms in total. The van der Waals surface area contributed by atoms with Crippen molar-refractivity contribution in [3.05, 3.63) is 59.6 Å². The number of hydrogen-bond donors (Lipinski definition) is 0. The van der Waals surface area contributed by atoms with Gasteiger partial charge in [0.1, 0.15) is 11.5 Å². The quantitative estimate of drug-likeness (QED) is 0.520. The van der Waals surface area contributed by atoms with Gasteiger partial charge in [0.15, 0.2) is 11.6 Å². The molecule has 0 unspecified atom stereocenters. The maximum atomic E-state index is 14.4. The van der Waals surface area contributed by atoms with Crippen molar-refractivity contribution in [3.63, 3.8) is 0 Å². The Kier molecular flexibility index (Phi) is 6.07. The van der Waals surface area contributed by atoms with Crippen LogP contribution in [0, 0.1) is 23.5 Å². The molecule has 0 bridgehead atoms. The maximum Gasteiger partial charge on any atom is 0.200 e. The highest BCUT2D eigenvalue weighted by molar-refractivity contribution is 5.40. The van der Waals surface area contributed by atoms with E-state index in [9.17, 15) is 8.78 Å². The Labute approximate surface area is 172 Å². The molecule has 0 spiro atoms. The largest absolute Gasteiger partial charge is 0.494 e. The average Bonchev–Trinajstić information content (AvgIpc) is 3.25. The number of rotatable bonds is 5. The molecule has 4 rings (SSSR count). The van der Waals surface area contributed by atoms with Gasteiger partial charge in [0.25, 0.3) is 0 Å². The SMILES string of the molecule is C=Cc1ccc(C2CCC(C3CCC(c4ccc(OC)c(F)c4F)CC3)CC2)o1. The van der Waals surface area contributed by atoms with E-state index in [-0.39, 0.29) is 11.7 Å². The number of halogens is 2. The van der Waals surface area contributed by atoms with Gasteiger partial charge in [-0.05, 0) is 99.0 Å². The van der Waals surface area contributed by atoms with Crippen LogP contribution < -0.4 is 4.74 Å². The summed E-state index contributed by atoms with van der Waals surface area (Å²) >= 11 is 0. The van der Waals surface area contributed by atoms with Crippen molar-refractivity contribution < 1.29 is 17.9 Å². The van der Waals surface area contributed by atoms with Crippen LogP contribution in [-0.2, 0) is 0 Å². The van der Waals surface area contributed by atoms with Crippen LogP contribution in [0.15, 0.2) is 35.3 Å². The first-order chi connectivity index (χ1) is 14.1. The second-order valence-corrected chi connectivity index (χ2v) is 8.65. The second kappa shape index (κ2) is 8.73. The van der Waals surface area contributed by atoms with Gasteiger partial charge in [-0.15, -0.1) is 0 Å². The molecule has 0 atom stereocenters. The number of methoxy groups -OCH3 is 1. The third-order valence-corrected chi connectivity index (χ3v) is 7.20. The summed E-state index contributed by atoms with van der Waals surface area (Å²) in [6.45, 7) is 3.77. The first kappa shape index (κ1) is 20.2. The zero-order valence-electron chi connectivity index (χ0n) is 17.1. The van der Waals surface area contributed by atoms with Gasteiger partial charge in [-0.1, -0.05) is 12.6 Å². The lowest BCUT2D eigenvalue weighted by molar-refractivity contribution is 0.170. The highest BCUT2D eigenvalue weighted by Crippen LogP contribution is 2.46. The Balaban J connectivity index is 1.31. The van der Waals surface area contributed by atoms with E-state index in [0.29, 0.717) is 17.4 Å². The van der Waals surface area contributed by atoms with E-state index in [4.69, 9.17) is 9.15 Å². The molecule has 4 heteroatoms. The van der Waals surface area contributed by atoms with E-state index in [2.05, 4.69) is 12.6 Å². The molecule has 2 saturated carbocycles. The van der Waals surface area contributed by atoms with Crippen LogP contribution in [0.1, 0.15) is 80.3 Å². The Morgan fingerprint density at radius 2 is 1.48 bits per heavy atom. The van der Waals surface area contributed by atoms with E-state index in [1.165, 1.54) is 32.8 Å². The second-order valence-electron chi connectivity index (χ2n) is 8.65. The van der Waals surface area contributed by atoms with Gasteiger partial charge in [-0.3, -0.25) is 0 Å². The van der Waals surface area contributed by atoms with Gasteiger partial charge in [0.2, 0.25) is 5.82 Å². The minimum absolute atomic E-state index is 0.0199. The molecule has 2 aliphatic carbocycles. The van der Waals surface area contributed by atoms with E-state index >= 15 is 0 Å². The van der Waals surface area contributed by atoms with Crippen LogP contribution in [-0.4, -0.2) is 7.11 Å². The summed E-state index contributed by atoms with van der Waals surface area (Å²) in [6, 6.07) is 7.34. The van der Waals surface area contributed by atoms with Crippen LogP contribution in [0.25, 0.3) is 6.08 Å². The average molecular weight is 401 g/mol. The summed E-state index contributed by atoms with van der Waals surface area (Å²) in [5, 5.41) is 0. The molecule has 2 fully saturated rings. The molecule has 1 aromatic carbocycles. The highest BCUT2D eigenvalue weighted by Gasteiger charge is 2.33. The summed E-state index contributed by atoms with van der Waals surface area (Å²) in [6.07, 6.45) is 10.7. The molecule has 1 aromatic heterocycles. The van der Waals surface area contributed by atoms with Crippen molar-refractivity contribution in [2.75, 3.05) is 7.11 Å². The van der Waals surface area contributed by atoms with E-state index in [0.717, 1.165) is 43.1 Å². The van der Waals surface area contributed by atoms with Crippen molar-refractivity contribution in [1.82, 2.24) is 0 Å². The molecule has 2 aliphatic rings. The predicted molar refractivity (Wildman–Crippen MR) is 111 cm³/mol. The van der Waals surface area contributed by atoms with Crippen molar-refractivity contribution in [1.29, 1.82) is 0 Å². The lowest BCUT2D eigenvalue weighted by atomic mass is 9.68. The Hall–Kier alpha value is -2.10. The van der Waals surface area contributed by atoms with Crippen molar-refractivity contribution >= 4 is 6.08 Å². The molecule has 29 heavy (non-hydrogen) atoms. The smallest absolute Gasteiger partial charge is 0.200 e. The number of furan rings is 1. The summed E-state index contributed by atoms with van der Waals surface area (Å²) in [5.74, 6) is 2.43. The Morgan fingerprint density at radius 1 is 0.862 bits per heavy atom. The zero-order valence-corrected chi connectivity index (χ0v) is 17.1. The first-order valence-corrected chi connectivity index (χ1v) is 10.8. The fourth-order valence-corrected chi connectivity index (χ4v) is 5.49. The molecule has 0 amide bonds. The van der Waals surface area contributed by atoms with Gasteiger partial charge in [-0.25, -0.2) is 4.39 Å². The maximum absolute atomic E-state index is 14.4. The van der Waals surface area contributed by atoms with Crippen LogP contribution in [0.3, 0.4) is 0 Å². The molecule has 156 valence electrons. The lowest BCUT2D eigenvalue weighted by Gasteiger charge is -2.37. The summed E-state index contributed by atoms with van der Waals surface area (Å²) in [5.41, 5.74) is 0.515. The lowest BCUT2D eigenvalue weighted by Crippen LogP contribution is -2.25. The minimum atomic E-state index is -0.858. The van der Waals surface area contributed by atoms with E-state index in [1.54, 1.807) is 18.2 Å². The van der Waals surface area contributed by atoms with Crippen LogP contribution in [0.2, 0.25) is 0 Å². The third kappa shape index (κ3) is 4.12. The summed E-state index contributed by atoms with van der Waals surface area (Å²) in [4.78, 5) is 0. The molecule has 0 N–H and O–H groups in total. The van der Waals surface area contributed by atoms with Crippen molar-refractivity contribution in [2.45, 2.75) is 63.2 Å². The summed E-state index contributed by atoms with van der Waals surface area (Å²) < 4.78 is 39.3. The van der Waals surface area contributed by atoms with Gasteiger partial charge < -0.3 is 9.15 Å². The molecule has 2 aromatic rings. The number of benzene rings is 1. The summed E-state index contributed by atoms with van der Waals surface area (Å²) in [7, 11) is 1.36. The van der Waals surface area contributed by atoms with Gasteiger partial charge in [0, 0.05) is 5.92 Å². The van der Waals surface area contributed by atoms with E-state index < -0.39 is 11.6 Å². The number of hydrogen-bond acceptors (Lipinski definition) is 2. The van der Waals surface area contributed by atoms with Gasteiger partial charge >= 0.3 is 0 Å². The predicted octanol–water partition coefficient (Wildman–Crippen LogP) is 7.46. The first-order valence-electron chi connectivity index (χ1n) is 10.8. The van der Waals surface area contributed by atoms with Crippen LogP contribution in [0.5, 0.6) is 5.75 Å². The minimum Gasteiger partial charge on any atom is -0.494 e. The standard InChI is InChI=1S/C25H30F2O2/c1-3-20-12-14-22(29-20)19-10-6-17(7-11-19)16-4-8-18(9-5-16)21-13-15-23(28-2)25(27)24(21)26/h3,12-19H,1,4-11H2,2H3. The third-order valence-electron chi connectivity index (χ3n) is 7.20. The van der Waals surface area contributed by atoms with E-state index in [1.807, 2.05) is 6.07 Å². The zero-order chi connectivity index (χ0) is 20.4. The highest BCUT2D eigenvalue weighted by atomic mass is 19.2. The molecule has 1 heterocycles. The molecular weight excluding hydrogens is 370 g/mol. The Bertz CT molecular complexity index is 841. The molecule has 0 aliphatic heterocycles. The van der Waals surface area contributed by atoms with Crippen LogP contribution >= 0.6 is 0 Å². The van der Waals surface area contributed by atoms with Crippen LogP contribution in [0.4, 0.5) is 8.78 Å². The van der Waals surface area contributed by atoms with Gasteiger partial charge in [0.05, 0.1) is 7.11 Å². The van der Waals surface area contributed by atoms with Crippen molar-refractivity contribution in [2.24, 2.45) is 11.8 Å². The monoisotopic (exact) mass is 400 g/mol. The fraction of sp³-hybridized carbons (Fsp3) is 0.520. The van der Waals surface area contributed by atoms with Gasteiger partial charge in [-0.2, -0.15) is 4.39 Å². The molecule has 0 radical (unpaired) electrons. The topological polar surface area (TPSA) is 22.4 Å². The fourth-order valence-electron chi connectivity index (χ4n) is 5.49. The number of ether oxygens (including phenoxy) is 1. The Morgan fingerprint density at radius 3 is 2.03 bits per heavy atom. The normalized spacial score (nSPS) is 27.6. The van der Waals surface area contributed by atoms with Crippen molar-refractivity contribution in [3.8, 4) is 5.75 Å².